The summed E-state index contributed by atoms with van der Waals surface area (Å²) >= 11 is 1.83. The van der Waals surface area contributed by atoms with Crippen LogP contribution in [0.15, 0.2) is 29.2 Å². The average Bonchev–Trinajstić information content (AvgIpc) is 2.27. The Morgan fingerprint density at radius 3 is 2.56 bits per heavy atom. The van der Waals surface area contributed by atoms with Gasteiger partial charge in [0.1, 0.15) is 0 Å². The molecule has 1 aliphatic heterocycles. The number of carbonyl (C=O) groups excluding carboxylic acids is 1. The number of hydrogen-bond donors (Lipinski definition) is 1. The maximum absolute atomic E-state index is 11.8. The van der Waals surface area contributed by atoms with E-state index in [1.54, 1.807) is 0 Å². The Balaban J connectivity index is 1.91. The van der Waals surface area contributed by atoms with Crippen molar-refractivity contribution >= 4 is 17.8 Å². The van der Waals surface area contributed by atoms with Gasteiger partial charge in [-0.1, -0.05) is 19.1 Å². The smallest absolute Gasteiger partial charge is 0.317 e. The van der Waals surface area contributed by atoms with E-state index in [0.29, 0.717) is 0 Å². The molecule has 98 valence electrons. The first-order valence-electron chi connectivity index (χ1n) is 6.49. The molecule has 1 aromatic carbocycles. The number of carbonyl (C=O) groups is 1. The van der Waals surface area contributed by atoms with Gasteiger partial charge in [0, 0.05) is 18.0 Å². The first-order chi connectivity index (χ1) is 8.70. The van der Waals surface area contributed by atoms with Gasteiger partial charge < -0.3 is 10.2 Å². The van der Waals surface area contributed by atoms with Gasteiger partial charge in [0.05, 0.1) is 6.04 Å². The minimum Gasteiger partial charge on any atom is -0.331 e. The highest BCUT2D eigenvalue weighted by Gasteiger charge is 2.21. The zero-order valence-corrected chi connectivity index (χ0v) is 11.8. The highest BCUT2D eigenvalue weighted by atomic mass is 32.2. The molecule has 1 heterocycles. The molecule has 1 atom stereocenters. The largest absolute Gasteiger partial charge is 0.331 e. The predicted octanol–water partition coefficient (Wildman–Crippen LogP) is 3.27. The highest BCUT2D eigenvalue weighted by Crippen LogP contribution is 2.21. The van der Waals surface area contributed by atoms with Crippen LogP contribution in [-0.4, -0.2) is 29.8 Å². The Bertz CT molecular complexity index is 401. The Morgan fingerprint density at radius 2 is 2.06 bits per heavy atom. The fraction of sp³-hybridized carbons (Fsp3) is 0.500. The topological polar surface area (TPSA) is 32.3 Å². The molecule has 1 N–H and O–H groups in total. The number of urea groups is 1. The number of amides is 2. The molecule has 18 heavy (non-hydrogen) atoms. The summed E-state index contributed by atoms with van der Waals surface area (Å²) in [6.45, 7) is 5.96. The number of hydrogen-bond acceptors (Lipinski definition) is 2. The summed E-state index contributed by atoms with van der Waals surface area (Å²) in [5.74, 6) is 1.08. The van der Waals surface area contributed by atoms with Crippen molar-refractivity contribution in [2.45, 2.75) is 31.2 Å². The molecule has 0 radical (unpaired) electrons. The van der Waals surface area contributed by atoms with Gasteiger partial charge in [-0.25, -0.2) is 4.79 Å². The molecule has 1 saturated heterocycles. The number of nitrogens with zero attached hydrogens (tertiary/aromatic N) is 1. The van der Waals surface area contributed by atoms with Crippen molar-refractivity contribution in [1.29, 1.82) is 0 Å². The van der Waals surface area contributed by atoms with Gasteiger partial charge in [0.15, 0.2) is 0 Å². The van der Waals surface area contributed by atoms with Crippen LogP contribution in [0.25, 0.3) is 0 Å². The fourth-order valence-corrected chi connectivity index (χ4v) is 2.56. The second-order valence-electron chi connectivity index (χ2n) is 4.51. The van der Waals surface area contributed by atoms with Gasteiger partial charge in [0.2, 0.25) is 0 Å². The summed E-state index contributed by atoms with van der Waals surface area (Å²) < 4.78 is 0. The Hall–Kier alpha value is -1.16. The number of rotatable bonds is 4. The third kappa shape index (κ3) is 3.19. The van der Waals surface area contributed by atoms with Crippen LogP contribution in [0.5, 0.6) is 0 Å². The third-order valence-electron chi connectivity index (χ3n) is 3.17. The van der Waals surface area contributed by atoms with E-state index in [0.717, 1.165) is 30.8 Å². The zero-order chi connectivity index (χ0) is 13.0. The molecular formula is C14H20N2OS. The Kier molecular flexibility index (Phi) is 4.53. The van der Waals surface area contributed by atoms with Crippen molar-refractivity contribution in [3.8, 4) is 0 Å². The number of benzene rings is 1. The maximum Gasteiger partial charge on any atom is 0.317 e. The highest BCUT2D eigenvalue weighted by molar-refractivity contribution is 7.99. The maximum atomic E-state index is 11.8. The van der Waals surface area contributed by atoms with Crippen LogP contribution in [0.1, 0.15) is 31.9 Å². The number of thioether (sulfide) groups is 1. The molecule has 0 aliphatic carbocycles. The summed E-state index contributed by atoms with van der Waals surface area (Å²) in [4.78, 5) is 14.9. The van der Waals surface area contributed by atoms with Gasteiger partial charge in [-0.2, -0.15) is 0 Å². The summed E-state index contributed by atoms with van der Waals surface area (Å²) in [6, 6.07) is 8.56. The second-order valence-corrected chi connectivity index (χ2v) is 5.85. The lowest BCUT2D eigenvalue weighted by atomic mass is 10.1. The molecule has 1 fully saturated rings. The minimum absolute atomic E-state index is 0.0563. The van der Waals surface area contributed by atoms with Crippen molar-refractivity contribution in [2.75, 3.05) is 18.8 Å². The number of likely N-dealkylation sites (tertiary alicyclic amines) is 1. The van der Waals surface area contributed by atoms with E-state index in [4.69, 9.17) is 0 Å². The third-order valence-corrected chi connectivity index (χ3v) is 4.07. The molecule has 0 aromatic heterocycles. The summed E-state index contributed by atoms with van der Waals surface area (Å²) in [7, 11) is 0. The predicted molar refractivity (Wildman–Crippen MR) is 76.0 cm³/mol. The van der Waals surface area contributed by atoms with Crippen molar-refractivity contribution in [2.24, 2.45) is 0 Å². The van der Waals surface area contributed by atoms with Crippen LogP contribution >= 0.6 is 11.8 Å². The van der Waals surface area contributed by atoms with E-state index in [1.807, 2.05) is 23.6 Å². The molecule has 1 unspecified atom stereocenters. The van der Waals surface area contributed by atoms with Crippen LogP contribution in [0, 0.1) is 0 Å². The summed E-state index contributed by atoms with van der Waals surface area (Å²) in [6.07, 6.45) is 1.13. The fourth-order valence-electron chi connectivity index (χ4n) is 1.90. The molecule has 1 aromatic rings. The molecule has 2 rings (SSSR count). The monoisotopic (exact) mass is 264 g/mol. The summed E-state index contributed by atoms with van der Waals surface area (Å²) in [5, 5.41) is 3.03. The Labute approximate surface area is 113 Å². The van der Waals surface area contributed by atoms with Gasteiger partial charge >= 0.3 is 6.03 Å². The molecule has 2 amide bonds. The van der Waals surface area contributed by atoms with E-state index < -0.39 is 0 Å². The van der Waals surface area contributed by atoms with Crippen molar-refractivity contribution in [1.82, 2.24) is 10.2 Å². The zero-order valence-electron chi connectivity index (χ0n) is 11.0. The van der Waals surface area contributed by atoms with Gasteiger partial charge in [-0.15, -0.1) is 11.8 Å². The molecule has 0 bridgehead atoms. The first-order valence-corrected chi connectivity index (χ1v) is 7.47. The SMILES string of the molecule is CCSc1ccc(C(C)NC(=O)N2CCC2)cc1. The van der Waals surface area contributed by atoms with E-state index in [1.165, 1.54) is 4.90 Å². The lowest BCUT2D eigenvalue weighted by Crippen LogP contribution is -2.48. The van der Waals surface area contributed by atoms with Crippen LogP contribution in [-0.2, 0) is 0 Å². The van der Waals surface area contributed by atoms with E-state index in [-0.39, 0.29) is 12.1 Å². The molecule has 4 heteroatoms. The van der Waals surface area contributed by atoms with Crippen LogP contribution in [0.4, 0.5) is 4.79 Å². The van der Waals surface area contributed by atoms with Crippen LogP contribution in [0.2, 0.25) is 0 Å². The van der Waals surface area contributed by atoms with Gasteiger partial charge in [0.25, 0.3) is 0 Å². The van der Waals surface area contributed by atoms with Crippen LogP contribution < -0.4 is 5.32 Å². The quantitative estimate of drug-likeness (QED) is 0.846. The lowest BCUT2D eigenvalue weighted by Gasteiger charge is -2.32. The lowest BCUT2D eigenvalue weighted by molar-refractivity contribution is 0.164. The normalized spacial score (nSPS) is 16.0. The molecule has 0 saturated carbocycles. The number of nitrogens with one attached hydrogen (secondary N) is 1. The van der Waals surface area contributed by atoms with Crippen molar-refractivity contribution < 1.29 is 4.79 Å². The Morgan fingerprint density at radius 1 is 1.39 bits per heavy atom. The first kappa shape index (κ1) is 13.3. The molecule has 1 aliphatic rings. The van der Waals surface area contributed by atoms with Crippen molar-refractivity contribution in [3.63, 3.8) is 0 Å². The molecule has 0 spiro atoms. The van der Waals surface area contributed by atoms with E-state index >= 15 is 0 Å². The van der Waals surface area contributed by atoms with Gasteiger partial charge in [-0.05, 0) is 36.8 Å². The molecule has 3 nitrogen and oxygen atoms in total. The van der Waals surface area contributed by atoms with Gasteiger partial charge in [-0.3, -0.25) is 0 Å². The minimum atomic E-state index is 0.0563. The van der Waals surface area contributed by atoms with E-state index in [9.17, 15) is 4.79 Å². The standard InChI is InChI=1S/C14H20N2OS/c1-3-18-13-7-5-12(6-8-13)11(2)15-14(17)16-9-4-10-16/h5-8,11H,3-4,9-10H2,1-2H3,(H,15,17). The average molecular weight is 264 g/mol. The van der Waals surface area contributed by atoms with Crippen molar-refractivity contribution in [3.05, 3.63) is 29.8 Å². The second kappa shape index (κ2) is 6.14. The summed E-state index contributed by atoms with van der Waals surface area (Å²) in [5.41, 5.74) is 1.16. The van der Waals surface area contributed by atoms with Crippen LogP contribution in [0.3, 0.4) is 0 Å². The molecular weight excluding hydrogens is 244 g/mol. The van der Waals surface area contributed by atoms with E-state index in [2.05, 4.69) is 36.5 Å².